The van der Waals surface area contributed by atoms with E-state index in [0.29, 0.717) is 11.1 Å². The van der Waals surface area contributed by atoms with E-state index in [2.05, 4.69) is 21.3 Å². The van der Waals surface area contributed by atoms with Crippen LogP contribution >= 0.6 is 0 Å². The maximum absolute atomic E-state index is 13.4. The Morgan fingerprint density at radius 1 is 0.482 bits per heavy atom. The van der Waals surface area contributed by atoms with Gasteiger partial charge in [-0.05, 0) is 49.2 Å². The predicted octanol–water partition coefficient (Wildman–Crippen LogP) is 5.60. The molecule has 0 aromatic heterocycles. The third-order valence-corrected chi connectivity index (χ3v) is 10.5. The van der Waals surface area contributed by atoms with Gasteiger partial charge < -0.3 is 31.5 Å². The summed E-state index contributed by atoms with van der Waals surface area (Å²) < 4.78 is 67.0. The Bertz CT molecular complexity index is 2700. The highest BCUT2D eigenvalue weighted by Gasteiger charge is 2.24. The summed E-state index contributed by atoms with van der Waals surface area (Å²) in [4.78, 5) is 51.7. The standard InChI is InChI=1S/C38H30N4O12S2/c1-19-11-13-21(15-27(19)35(45)41-33-25-9-5-3-7-23(25)31(17-29(33)43)55(49,50)51)39-37(47)38(48)40-22-14-12-20(2)28(16-22)36(46)42-34-26-10-6-4-8-24(26)32(18-30(34)44)56(52,53)54/h3-18,43-44H,1-2H3,(H,39,47)(H,40,48)(H,41,45)(H,42,46)(H,49,50,51)(H,52,53,54). The van der Waals surface area contributed by atoms with Crippen LogP contribution in [0.15, 0.2) is 107 Å². The number of anilines is 4. The quantitative estimate of drug-likeness (QED) is 0.0532. The molecule has 0 saturated carbocycles. The number of carbonyl (C=O) groups excluding carboxylic acids is 4. The summed E-state index contributed by atoms with van der Waals surface area (Å²) in [5.74, 6) is -5.09. The first-order valence-corrected chi connectivity index (χ1v) is 19.1. The normalized spacial score (nSPS) is 11.6. The van der Waals surface area contributed by atoms with E-state index in [1.807, 2.05) is 0 Å². The second kappa shape index (κ2) is 14.8. The zero-order valence-electron chi connectivity index (χ0n) is 29.1. The highest BCUT2D eigenvalue weighted by Crippen LogP contribution is 2.39. The third kappa shape index (κ3) is 7.84. The summed E-state index contributed by atoms with van der Waals surface area (Å²) in [6, 6.07) is 21.7. The van der Waals surface area contributed by atoms with Crippen molar-refractivity contribution in [1.29, 1.82) is 0 Å². The first-order valence-electron chi connectivity index (χ1n) is 16.2. The lowest BCUT2D eigenvalue weighted by atomic mass is 10.0. The summed E-state index contributed by atoms with van der Waals surface area (Å²) in [5.41, 5.74) is 0.696. The van der Waals surface area contributed by atoms with Crippen molar-refractivity contribution in [2.75, 3.05) is 21.3 Å². The van der Waals surface area contributed by atoms with Crippen LogP contribution in [0.2, 0.25) is 0 Å². The molecule has 4 amide bonds. The number of aromatic hydroxyl groups is 2. The van der Waals surface area contributed by atoms with Gasteiger partial charge in [-0.3, -0.25) is 28.3 Å². The van der Waals surface area contributed by atoms with Gasteiger partial charge in [-0.25, -0.2) is 0 Å². The molecular formula is C38H30N4O12S2. The number of nitrogens with one attached hydrogen (secondary N) is 4. The summed E-state index contributed by atoms with van der Waals surface area (Å²) in [6.45, 7) is 3.19. The molecule has 6 rings (SSSR count). The van der Waals surface area contributed by atoms with Gasteiger partial charge in [0.1, 0.15) is 21.3 Å². The minimum absolute atomic E-state index is 0.0196. The molecule has 16 nitrogen and oxygen atoms in total. The number of hydrogen-bond acceptors (Lipinski definition) is 10. The van der Waals surface area contributed by atoms with Crippen LogP contribution in [0.3, 0.4) is 0 Å². The number of aryl methyl sites for hydroxylation is 2. The molecule has 286 valence electrons. The molecule has 0 saturated heterocycles. The Hall–Kier alpha value is -6.86. The van der Waals surface area contributed by atoms with Gasteiger partial charge in [0.25, 0.3) is 32.1 Å². The number of amides is 4. The Balaban J connectivity index is 1.18. The van der Waals surface area contributed by atoms with Crippen LogP contribution in [0.5, 0.6) is 11.5 Å². The van der Waals surface area contributed by atoms with Gasteiger partial charge in [-0.15, -0.1) is 0 Å². The van der Waals surface area contributed by atoms with E-state index in [-0.39, 0.29) is 55.4 Å². The van der Waals surface area contributed by atoms with Crippen LogP contribution in [0.25, 0.3) is 21.5 Å². The summed E-state index contributed by atoms with van der Waals surface area (Å²) >= 11 is 0. The lowest BCUT2D eigenvalue weighted by Gasteiger charge is -2.15. The second-order valence-corrected chi connectivity index (χ2v) is 15.2. The molecule has 56 heavy (non-hydrogen) atoms. The van der Waals surface area contributed by atoms with E-state index >= 15 is 0 Å². The molecule has 0 fully saturated rings. The molecule has 0 heterocycles. The minimum atomic E-state index is -4.73. The van der Waals surface area contributed by atoms with Crippen molar-refractivity contribution in [2.45, 2.75) is 23.6 Å². The predicted molar refractivity (Wildman–Crippen MR) is 206 cm³/mol. The maximum atomic E-state index is 13.4. The number of fused-ring (bicyclic) bond motifs is 2. The fraction of sp³-hybridized carbons (Fsp3) is 0.0526. The van der Waals surface area contributed by atoms with E-state index < -0.39 is 65.2 Å². The largest absolute Gasteiger partial charge is 0.506 e. The van der Waals surface area contributed by atoms with Crippen molar-refractivity contribution in [3.8, 4) is 11.5 Å². The van der Waals surface area contributed by atoms with E-state index in [9.17, 15) is 55.3 Å². The van der Waals surface area contributed by atoms with Crippen LogP contribution in [-0.4, -0.2) is 59.8 Å². The Labute approximate surface area is 318 Å². The fourth-order valence-electron chi connectivity index (χ4n) is 5.97. The molecule has 0 aliphatic heterocycles. The average molecular weight is 799 g/mol. The molecule has 6 aromatic carbocycles. The number of hydrogen-bond donors (Lipinski definition) is 8. The SMILES string of the molecule is Cc1ccc(NC(=O)C(=O)Nc2ccc(C)c(C(=O)Nc3c(O)cc(S(=O)(=O)O)c4ccccc34)c2)cc1C(=O)Nc1c(O)cc(S(=O)(=O)O)c2ccccc12. The Kier molecular flexibility index (Phi) is 10.2. The van der Waals surface area contributed by atoms with Crippen LogP contribution in [0, 0.1) is 13.8 Å². The van der Waals surface area contributed by atoms with Crippen LogP contribution in [0.4, 0.5) is 22.7 Å². The van der Waals surface area contributed by atoms with E-state index in [1.54, 1.807) is 13.8 Å². The third-order valence-electron chi connectivity index (χ3n) is 8.69. The minimum Gasteiger partial charge on any atom is -0.506 e. The molecule has 0 radical (unpaired) electrons. The van der Waals surface area contributed by atoms with Gasteiger partial charge in [0.15, 0.2) is 0 Å². The Morgan fingerprint density at radius 2 is 0.821 bits per heavy atom. The molecule has 0 spiro atoms. The lowest BCUT2D eigenvalue weighted by Crippen LogP contribution is -2.29. The summed E-state index contributed by atoms with van der Waals surface area (Å²) in [6.07, 6.45) is 0. The molecule has 0 atom stereocenters. The lowest BCUT2D eigenvalue weighted by molar-refractivity contribution is -0.132. The van der Waals surface area contributed by atoms with Gasteiger partial charge >= 0.3 is 11.8 Å². The summed E-state index contributed by atoms with van der Waals surface area (Å²) in [5, 5.41) is 31.4. The summed E-state index contributed by atoms with van der Waals surface area (Å²) in [7, 11) is -9.45. The topological polar surface area (TPSA) is 266 Å². The van der Waals surface area contributed by atoms with Gasteiger partial charge in [-0.2, -0.15) is 16.8 Å². The van der Waals surface area contributed by atoms with Crippen molar-refractivity contribution < 1.29 is 55.3 Å². The number of phenolic OH excluding ortho intramolecular Hbond substituents is 2. The zero-order chi connectivity index (χ0) is 40.7. The van der Waals surface area contributed by atoms with Crippen LogP contribution < -0.4 is 21.3 Å². The molecule has 6 aromatic rings. The fourth-order valence-corrected chi connectivity index (χ4v) is 7.40. The molecule has 0 unspecified atom stereocenters. The molecule has 0 aliphatic rings. The van der Waals surface area contributed by atoms with E-state index in [1.165, 1.54) is 84.9 Å². The van der Waals surface area contributed by atoms with Crippen LogP contribution in [0.1, 0.15) is 31.8 Å². The molecule has 8 N–H and O–H groups in total. The number of carbonyl (C=O) groups is 4. The van der Waals surface area contributed by atoms with Crippen molar-refractivity contribution >= 4 is 88.2 Å². The Morgan fingerprint density at radius 3 is 1.16 bits per heavy atom. The van der Waals surface area contributed by atoms with Crippen LogP contribution in [-0.2, 0) is 29.8 Å². The molecule has 0 bridgehead atoms. The highest BCUT2D eigenvalue weighted by atomic mass is 32.2. The molecule has 0 aliphatic carbocycles. The van der Waals surface area contributed by atoms with Crippen molar-refractivity contribution in [2.24, 2.45) is 0 Å². The zero-order valence-corrected chi connectivity index (χ0v) is 30.7. The van der Waals surface area contributed by atoms with Gasteiger partial charge in [0.2, 0.25) is 0 Å². The van der Waals surface area contributed by atoms with Gasteiger partial charge in [0.05, 0.1) is 11.4 Å². The molecular weight excluding hydrogens is 769 g/mol. The second-order valence-electron chi connectivity index (χ2n) is 12.5. The number of phenols is 2. The van der Waals surface area contributed by atoms with E-state index in [4.69, 9.17) is 0 Å². The van der Waals surface area contributed by atoms with Gasteiger partial charge in [-0.1, -0.05) is 60.7 Å². The molecule has 18 heteroatoms. The maximum Gasteiger partial charge on any atom is 0.314 e. The van der Waals surface area contributed by atoms with Crippen molar-refractivity contribution in [3.63, 3.8) is 0 Å². The van der Waals surface area contributed by atoms with Gasteiger partial charge in [0, 0.05) is 56.2 Å². The number of rotatable bonds is 8. The van der Waals surface area contributed by atoms with Crippen molar-refractivity contribution in [3.05, 3.63) is 119 Å². The average Bonchev–Trinajstić information content (AvgIpc) is 3.14. The first-order chi connectivity index (χ1) is 26.3. The number of benzene rings is 6. The van der Waals surface area contributed by atoms with Crippen molar-refractivity contribution in [1.82, 2.24) is 0 Å². The smallest absolute Gasteiger partial charge is 0.314 e. The first kappa shape index (κ1) is 38.9. The highest BCUT2D eigenvalue weighted by molar-refractivity contribution is 7.86. The van der Waals surface area contributed by atoms with E-state index in [0.717, 1.165) is 12.1 Å². The monoisotopic (exact) mass is 798 g/mol.